The number of halogens is 1. The van der Waals surface area contributed by atoms with Gasteiger partial charge in [0.25, 0.3) is 0 Å². The maximum absolute atomic E-state index is 10.4. The van der Waals surface area contributed by atoms with Crippen molar-refractivity contribution in [2.45, 2.75) is 4.90 Å². The van der Waals surface area contributed by atoms with Crippen molar-refractivity contribution in [3.8, 4) is 5.75 Å². The fourth-order valence-corrected chi connectivity index (χ4v) is 1.67. The standard InChI is InChI=1S/C6H5BrO4S.Na/c7-5-3-4(12(9,10)11)1-2-6(5)8;/h1-3,8H,(H,9,10,11);/q;+1/p-1. The smallest absolute Gasteiger partial charge is 0.744 e. The van der Waals surface area contributed by atoms with Gasteiger partial charge in [0, 0.05) is 0 Å². The molecule has 66 valence electrons. The van der Waals surface area contributed by atoms with Crippen molar-refractivity contribution in [2.24, 2.45) is 0 Å². The predicted molar refractivity (Wildman–Crippen MR) is 43.8 cm³/mol. The van der Waals surface area contributed by atoms with E-state index in [-0.39, 0.29) is 44.7 Å². The van der Waals surface area contributed by atoms with Gasteiger partial charge < -0.3 is 9.66 Å². The molecular weight excluding hydrogens is 271 g/mol. The first-order valence-corrected chi connectivity index (χ1v) is 5.06. The topological polar surface area (TPSA) is 77.4 Å². The van der Waals surface area contributed by atoms with Crippen LogP contribution in [0.25, 0.3) is 0 Å². The van der Waals surface area contributed by atoms with E-state index in [0.717, 1.165) is 18.2 Å². The minimum Gasteiger partial charge on any atom is -0.744 e. The zero-order chi connectivity index (χ0) is 9.35. The zero-order valence-corrected chi connectivity index (χ0v) is 11.1. The molecule has 0 heterocycles. The van der Waals surface area contributed by atoms with Crippen LogP contribution < -0.4 is 29.6 Å². The van der Waals surface area contributed by atoms with E-state index in [4.69, 9.17) is 5.11 Å². The van der Waals surface area contributed by atoms with Crippen molar-refractivity contribution in [1.29, 1.82) is 0 Å². The van der Waals surface area contributed by atoms with Crippen LogP contribution in [0.5, 0.6) is 5.75 Å². The van der Waals surface area contributed by atoms with Crippen LogP contribution in [-0.4, -0.2) is 18.1 Å². The summed E-state index contributed by atoms with van der Waals surface area (Å²) in [6, 6.07) is 3.23. The Kier molecular flexibility index (Phi) is 4.92. The molecule has 1 N–H and O–H groups in total. The Morgan fingerprint density at radius 1 is 1.38 bits per heavy atom. The largest absolute Gasteiger partial charge is 1.00 e. The van der Waals surface area contributed by atoms with E-state index in [0.29, 0.717) is 0 Å². The Morgan fingerprint density at radius 3 is 2.31 bits per heavy atom. The molecule has 0 aromatic heterocycles. The monoisotopic (exact) mass is 274 g/mol. The molecular formula is C6H4BrNaO4S. The molecule has 0 saturated heterocycles. The summed E-state index contributed by atoms with van der Waals surface area (Å²) in [6.45, 7) is 0. The molecule has 0 fully saturated rings. The number of hydrogen-bond donors (Lipinski definition) is 1. The molecule has 0 atom stereocenters. The first kappa shape index (κ1) is 13.4. The van der Waals surface area contributed by atoms with Crippen molar-refractivity contribution >= 4 is 26.0 Å². The van der Waals surface area contributed by atoms with Gasteiger partial charge >= 0.3 is 29.6 Å². The first-order chi connectivity index (χ1) is 5.41. The minimum absolute atomic E-state index is 0. The number of rotatable bonds is 1. The number of aromatic hydroxyl groups is 1. The van der Waals surface area contributed by atoms with E-state index in [1.165, 1.54) is 0 Å². The van der Waals surface area contributed by atoms with Gasteiger partial charge in [0.2, 0.25) is 0 Å². The van der Waals surface area contributed by atoms with Crippen LogP contribution in [0.1, 0.15) is 0 Å². The third-order valence-corrected chi connectivity index (χ3v) is 2.67. The molecule has 0 aliphatic heterocycles. The molecule has 0 spiro atoms. The molecule has 4 nitrogen and oxygen atoms in total. The minimum atomic E-state index is -4.43. The SMILES string of the molecule is O=S(=O)([O-])c1ccc(O)c(Br)c1.[Na+]. The Morgan fingerprint density at radius 2 is 1.92 bits per heavy atom. The van der Waals surface area contributed by atoms with E-state index in [1.54, 1.807) is 0 Å². The van der Waals surface area contributed by atoms with Gasteiger partial charge in [-0.15, -0.1) is 0 Å². The van der Waals surface area contributed by atoms with Crippen molar-refractivity contribution in [3.05, 3.63) is 22.7 Å². The second-order valence-electron chi connectivity index (χ2n) is 2.07. The summed E-state index contributed by atoms with van der Waals surface area (Å²) in [5.41, 5.74) is 0. The van der Waals surface area contributed by atoms with Crippen molar-refractivity contribution in [1.82, 2.24) is 0 Å². The third kappa shape index (κ3) is 3.57. The van der Waals surface area contributed by atoms with Gasteiger partial charge in [-0.3, -0.25) is 0 Å². The summed E-state index contributed by atoms with van der Waals surface area (Å²) < 4.78 is 31.5. The summed E-state index contributed by atoms with van der Waals surface area (Å²) >= 11 is 2.89. The maximum atomic E-state index is 10.4. The van der Waals surface area contributed by atoms with Gasteiger partial charge in [-0.1, -0.05) is 0 Å². The molecule has 0 bridgehead atoms. The van der Waals surface area contributed by atoms with E-state index in [2.05, 4.69) is 15.9 Å². The Hall–Kier alpha value is 0.410. The van der Waals surface area contributed by atoms with Crippen LogP contribution in [0.3, 0.4) is 0 Å². The molecule has 1 aromatic rings. The quantitative estimate of drug-likeness (QED) is 0.478. The Labute approximate surface area is 106 Å². The third-order valence-electron chi connectivity index (χ3n) is 1.21. The summed E-state index contributed by atoms with van der Waals surface area (Å²) in [6.07, 6.45) is 0. The molecule has 0 unspecified atom stereocenters. The molecule has 1 aromatic carbocycles. The normalized spacial score (nSPS) is 10.6. The number of phenols is 1. The van der Waals surface area contributed by atoms with Crippen LogP contribution in [0.2, 0.25) is 0 Å². The Bertz CT molecular complexity index is 403. The molecule has 1 rings (SSSR count). The van der Waals surface area contributed by atoms with Crippen LogP contribution >= 0.6 is 15.9 Å². The number of phenolic OH excluding ortho intramolecular Hbond substituents is 1. The van der Waals surface area contributed by atoms with E-state index in [1.807, 2.05) is 0 Å². The van der Waals surface area contributed by atoms with E-state index in [9.17, 15) is 13.0 Å². The van der Waals surface area contributed by atoms with Gasteiger partial charge in [0.15, 0.2) is 0 Å². The molecule has 0 amide bonds. The van der Waals surface area contributed by atoms with Gasteiger partial charge in [0.1, 0.15) is 15.9 Å². The van der Waals surface area contributed by atoms with Crippen molar-refractivity contribution in [2.75, 3.05) is 0 Å². The molecule has 0 aliphatic rings. The van der Waals surface area contributed by atoms with Crippen molar-refractivity contribution in [3.63, 3.8) is 0 Å². The summed E-state index contributed by atoms with van der Waals surface area (Å²) in [7, 11) is -4.43. The summed E-state index contributed by atoms with van der Waals surface area (Å²) in [5, 5.41) is 8.97. The summed E-state index contributed by atoms with van der Waals surface area (Å²) in [4.78, 5) is -0.368. The number of benzene rings is 1. The van der Waals surface area contributed by atoms with Gasteiger partial charge in [-0.2, -0.15) is 0 Å². The molecule has 13 heavy (non-hydrogen) atoms. The molecule has 7 heteroatoms. The van der Waals surface area contributed by atoms with Crippen LogP contribution in [-0.2, 0) is 10.1 Å². The second-order valence-corrected chi connectivity index (χ2v) is 4.30. The zero-order valence-electron chi connectivity index (χ0n) is 6.69. The van der Waals surface area contributed by atoms with Crippen molar-refractivity contribution < 1.29 is 47.6 Å². The Balaban J connectivity index is 0.00000144. The predicted octanol–water partition coefficient (Wildman–Crippen LogP) is -1.94. The molecule has 0 aliphatic carbocycles. The second kappa shape index (κ2) is 4.77. The van der Waals surface area contributed by atoms with Crippen LogP contribution in [0.4, 0.5) is 0 Å². The molecule has 0 radical (unpaired) electrons. The first-order valence-electron chi connectivity index (χ1n) is 2.85. The average molecular weight is 275 g/mol. The maximum Gasteiger partial charge on any atom is 1.00 e. The summed E-state index contributed by atoms with van der Waals surface area (Å²) in [5.74, 6) is -0.109. The fraction of sp³-hybridized carbons (Fsp3) is 0. The van der Waals surface area contributed by atoms with E-state index >= 15 is 0 Å². The van der Waals surface area contributed by atoms with Gasteiger partial charge in [-0.05, 0) is 34.1 Å². The van der Waals surface area contributed by atoms with Gasteiger partial charge in [0.05, 0.1) is 9.37 Å². The van der Waals surface area contributed by atoms with Crippen LogP contribution in [0, 0.1) is 0 Å². The van der Waals surface area contributed by atoms with Gasteiger partial charge in [-0.25, -0.2) is 8.42 Å². The fourth-order valence-electron chi connectivity index (χ4n) is 0.643. The van der Waals surface area contributed by atoms with E-state index < -0.39 is 10.1 Å². The molecule has 0 saturated carbocycles. The van der Waals surface area contributed by atoms with Crippen LogP contribution in [0.15, 0.2) is 27.6 Å². The average Bonchev–Trinajstić information content (AvgIpc) is 1.92. The number of hydrogen-bond acceptors (Lipinski definition) is 4.